The number of nitrogens with zero attached hydrogens (tertiary/aromatic N) is 2. The minimum atomic E-state index is 0. The number of fused-ring (bicyclic) bond motifs is 6. The fraction of sp³-hybridized carbons (Fsp3) is 0.0980. The van der Waals surface area contributed by atoms with E-state index in [2.05, 4.69) is 95.8 Å². The molecular weight excluding hydrogens is 860 g/mol. The molecule has 2 N–H and O–H groups in total. The van der Waals surface area contributed by atoms with Gasteiger partial charge in [-0.25, -0.2) is 0 Å². The molecule has 0 aliphatic rings. The van der Waals surface area contributed by atoms with Crippen LogP contribution in [0.25, 0.3) is 77.2 Å². The number of hydrogen-bond donors (Lipinski definition) is 2. The monoisotopic (exact) mass is 902 g/mol. The van der Waals surface area contributed by atoms with Crippen LogP contribution in [0.2, 0.25) is 0 Å². The summed E-state index contributed by atoms with van der Waals surface area (Å²) in [5.41, 5.74) is 10.9. The number of para-hydroxylation sites is 4. The smallest absolute Gasteiger partial charge is 0.505 e. The molecule has 0 saturated heterocycles. The second-order valence-electron chi connectivity index (χ2n) is 14.4. The van der Waals surface area contributed by atoms with E-state index in [4.69, 9.17) is 9.47 Å². The van der Waals surface area contributed by atoms with Gasteiger partial charge in [0.25, 0.3) is 0 Å². The van der Waals surface area contributed by atoms with Crippen molar-refractivity contribution in [3.05, 3.63) is 169 Å². The van der Waals surface area contributed by atoms with Crippen molar-refractivity contribution in [1.82, 2.24) is 9.13 Å². The Labute approximate surface area is 377 Å². The average molecular weight is 904 g/mol. The first-order valence-electron chi connectivity index (χ1n) is 19.0. The molecular formula is C51H44N2O4S2Zr. The maximum absolute atomic E-state index is 11.9. The Balaban J connectivity index is 0.00000181. The second kappa shape index (κ2) is 17.6. The van der Waals surface area contributed by atoms with Crippen molar-refractivity contribution >= 4 is 66.3 Å². The van der Waals surface area contributed by atoms with Gasteiger partial charge in [0.05, 0.1) is 46.7 Å². The van der Waals surface area contributed by atoms with Crippen LogP contribution in [-0.2, 0) is 26.2 Å². The van der Waals surface area contributed by atoms with Crippen molar-refractivity contribution in [2.24, 2.45) is 0 Å². The summed E-state index contributed by atoms with van der Waals surface area (Å²) in [6.07, 6.45) is 0.642. The number of benzene rings is 6. The summed E-state index contributed by atoms with van der Waals surface area (Å²) in [6, 6.07) is 41.4. The van der Waals surface area contributed by atoms with Crippen molar-refractivity contribution in [2.45, 2.75) is 20.3 Å². The van der Waals surface area contributed by atoms with Crippen LogP contribution in [0, 0.1) is 28.7 Å². The van der Waals surface area contributed by atoms with Crippen molar-refractivity contribution in [2.75, 3.05) is 13.2 Å². The number of aryl methyl sites for hydroxylation is 2. The summed E-state index contributed by atoms with van der Waals surface area (Å²) in [5, 5.41) is 36.5. The van der Waals surface area contributed by atoms with E-state index >= 15 is 0 Å². The molecule has 0 aliphatic heterocycles. The SMILES string of the molecule is Cc1cc(-c2cscc2OCCCOc2cscc2-c2cc(C)cc(-n3c4ccccc4c4ccccc43)c2O)c(O)c(-n2c3ccccc3c3ccccc32)c1.[CH3-].[CH3-].[Zr+2]. The Kier molecular flexibility index (Phi) is 12.4. The number of phenolic OH excluding ortho intramolecular Hbond substituents is 2. The number of rotatable bonds is 10. The number of aromatic nitrogens is 2. The first-order chi connectivity index (χ1) is 28.0. The zero-order valence-electron chi connectivity index (χ0n) is 33.9. The molecule has 0 bridgehead atoms. The minimum Gasteiger partial charge on any atom is -0.505 e. The third kappa shape index (κ3) is 7.23. The third-order valence-electron chi connectivity index (χ3n) is 10.7. The molecule has 298 valence electrons. The van der Waals surface area contributed by atoms with Crippen LogP contribution >= 0.6 is 22.7 Å². The van der Waals surface area contributed by atoms with Gasteiger partial charge in [0.1, 0.15) is 23.0 Å². The Hall–Kier alpha value is -5.60. The first kappa shape index (κ1) is 42.5. The Bertz CT molecular complexity index is 2820. The molecule has 6 aromatic carbocycles. The number of ether oxygens (including phenoxy) is 2. The van der Waals surface area contributed by atoms with E-state index < -0.39 is 0 Å². The van der Waals surface area contributed by atoms with E-state index in [1.54, 1.807) is 22.7 Å². The zero-order valence-corrected chi connectivity index (χ0v) is 38.0. The zero-order chi connectivity index (χ0) is 38.6. The van der Waals surface area contributed by atoms with Crippen LogP contribution in [-0.4, -0.2) is 32.6 Å². The predicted octanol–water partition coefficient (Wildman–Crippen LogP) is 14.1. The van der Waals surface area contributed by atoms with E-state index in [1.165, 1.54) is 0 Å². The molecule has 10 aromatic rings. The van der Waals surface area contributed by atoms with E-state index in [1.807, 2.05) is 70.1 Å². The summed E-state index contributed by atoms with van der Waals surface area (Å²) in [6.45, 7) is 4.99. The van der Waals surface area contributed by atoms with Gasteiger partial charge in [0, 0.05) is 71.7 Å². The minimum absolute atomic E-state index is 0. The maximum atomic E-state index is 11.9. The number of phenols is 2. The van der Waals surface area contributed by atoms with E-state index in [0.717, 1.165) is 99.9 Å². The Morgan fingerprint density at radius 3 is 1.15 bits per heavy atom. The number of aromatic hydroxyl groups is 2. The molecule has 60 heavy (non-hydrogen) atoms. The molecule has 9 heteroatoms. The molecule has 0 spiro atoms. The average Bonchev–Trinajstić information content (AvgIpc) is 4.03. The molecule has 0 radical (unpaired) electrons. The summed E-state index contributed by atoms with van der Waals surface area (Å²) in [7, 11) is 0. The molecule has 0 fully saturated rings. The topological polar surface area (TPSA) is 68.8 Å². The number of thiophene rings is 2. The van der Waals surface area contributed by atoms with Crippen LogP contribution in [0.1, 0.15) is 17.5 Å². The number of hydrogen-bond acceptors (Lipinski definition) is 6. The summed E-state index contributed by atoms with van der Waals surface area (Å²) in [4.78, 5) is 0. The van der Waals surface area contributed by atoms with Gasteiger partial charge in [0.2, 0.25) is 0 Å². The molecule has 4 aromatic heterocycles. The van der Waals surface area contributed by atoms with E-state index in [9.17, 15) is 10.2 Å². The van der Waals surface area contributed by atoms with Crippen LogP contribution in [0.5, 0.6) is 23.0 Å². The molecule has 4 heterocycles. The standard InChI is InChI=1S/C49H38N2O4S2.2CH3.Zr/c1-30-22-36(48(52)44(24-30)50-40-16-7-3-12-32(40)33-13-4-8-17-41(33)50)38-26-56-28-46(38)54-20-11-21-55-47-29-57-27-39(47)37-23-31(2)25-45(49(37)53)51-42-18-9-5-14-34(42)35-15-6-10-19-43(35)51;;;/h3-10,12-19,22-29,52-53H,11,20-21H2,1-2H3;2*1H3;/q;2*-1;+2. The Morgan fingerprint density at radius 2 is 0.800 bits per heavy atom. The van der Waals surface area contributed by atoms with Crippen LogP contribution in [0.3, 0.4) is 0 Å². The third-order valence-corrected chi connectivity index (χ3v) is 12.2. The van der Waals surface area contributed by atoms with Crippen molar-refractivity contribution in [3.8, 4) is 56.6 Å². The quantitative estimate of drug-likeness (QED) is 0.106. The van der Waals surface area contributed by atoms with Gasteiger partial charge in [-0.1, -0.05) is 72.8 Å². The summed E-state index contributed by atoms with van der Waals surface area (Å²) >= 11 is 3.10. The second-order valence-corrected chi connectivity index (χ2v) is 15.9. The largest absolute Gasteiger partial charge is 2.00 e. The van der Waals surface area contributed by atoms with Crippen LogP contribution < -0.4 is 9.47 Å². The van der Waals surface area contributed by atoms with Crippen LogP contribution in [0.4, 0.5) is 0 Å². The molecule has 6 nitrogen and oxygen atoms in total. The van der Waals surface area contributed by atoms with Gasteiger partial charge >= 0.3 is 26.2 Å². The van der Waals surface area contributed by atoms with Crippen molar-refractivity contribution < 1.29 is 45.9 Å². The normalized spacial score (nSPS) is 11.1. The van der Waals surface area contributed by atoms with Gasteiger partial charge in [-0.3, -0.25) is 0 Å². The van der Waals surface area contributed by atoms with Gasteiger partial charge < -0.3 is 43.7 Å². The molecule has 0 atom stereocenters. The Morgan fingerprint density at radius 1 is 0.467 bits per heavy atom. The molecule has 0 amide bonds. The van der Waals surface area contributed by atoms with Gasteiger partial charge in [-0.2, -0.15) is 0 Å². The molecule has 10 rings (SSSR count). The molecule has 0 aliphatic carbocycles. The van der Waals surface area contributed by atoms with Gasteiger partial charge in [0.15, 0.2) is 0 Å². The fourth-order valence-electron chi connectivity index (χ4n) is 8.25. The van der Waals surface area contributed by atoms with Crippen molar-refractivity contribution in [3.63, 3.8) is 0 Å². The molecule has 0 unspecified atom stereocenters. The van der Waals surface area contributed by atoms with Crippen molar-refractivity contribution in [1.29, 1.82) is 0 Å². The maximum Gasteiger partial charge on any atom is 2.00 e. The van der Waals surface area contributed by atoms with E-state index in [-0.39, 0.29) is 52.6 Å². The molecule has 0 saturated carbocycles. The predicted molar refractivity (Wildman–Crippen MR) is 249 cm³/mol. The summed E-state index contributed by atoms with van der Waals surface area (Å²) in [5.74, 6) is 1.88. The van der Waals surface area contributed by atoms with Crippen LogP contribution in [0.15, 0.2) is 143 Å². The van der Waals surface area contributed by atoms with Gasteiger partial charge in [-0.15, -0.1) is 22.7 Å². The van der Waals surface area contributed by atoms with E-state index in [0.29, 0.717) is 19.6 Å². The fourth-order valence-corrected chi connectivity index (χ4v) is 9.78. The first-order valence-corrected chi connectivity index (χ1v) is 20.9. The summed E-state index contributed by atoms with van der Waals surface area (Å²) < 4.78 is 17.0. The van der Waals surface area contributed by atoms with Gasteiger partial charge in [-0.05, 0) is 73.5 Å².